The molecule has 0 bridgehead atoms. The van der Waals surface area contributed by atoms with Crippen LogP contribution in [0.2, 0.25) is 0 Å². The summed E-state index contributed by atoms with van der Waals surface area (Å²) in [6, 6.07) is 15.8. The second kappa shape index (κ2) is 5.96. The molecule has 0 aliphatic carbocycles. The minimum absolute atomic E-state index is 0.0265. The Labute approximate surface area is 163 Å². The molecule has 2 unspecified atom stereocenters. The van der Waals surface area contributed by atoms with Gasteiger partial charge in [-0.15, -0.1) is 0 Å². The Kier molecular flexibility index (Phi) is 3.63. The van der Waals surface area contributed by atoms with Crippen LogP contribution in [0.1, 0.15) is 37.1 Å². The Bertz CT molecular complexity index is 1120. The predicted molar refractivity (Wildman–Crippen MR) is 109 cm³/mol. The molecule has 0 saturated heterocycles. The molecule has 0 radical (unpaired) electrons. The molecule has 2 aliphatic heterocycles. The highest BCUT2D eigenvalue weighted by atomic mass is 16.2. The van der Waals surface area contributed by atoms with Gasteiger partial charge < -0.3 is 15.2 Å². The van der Waals surface area contributed by atoms with E-state index >= 15 is 0 Å². The molecular weight excluding hydrogens is 350 g/mol. The van der Waals surface area contributed by atoms with E-state index in [1.165, 1.54) is 0 Å². The van der Waals surface area contributed by atoms with Crippen LogP contribution in [0, 0.1) is 5.92 Å². The number of H-pyrrole nitrogens is 1. The molecule has 2 aromatic carbocycles. The maximum absolute atomic E-state index is 13.5. The summed E-state index contributed by atoms with van der Waals surface area (Å²) in [7, 11) is 0. The molecule has 5 rings (SSSR count). The van der Waals surface area contributed by atoms with Gasteiger partial charge >= 0.3 is 0 Å². The molecule has 1 spiro atoms. The zero-order valence-electron chi connectivity index (χ0n) is 16.1. The summed E-state index contributed by atoms with van der Waals surface area (Å²) in [5.41, 5.74) is 3.46. The van der Waals surface area contributed by atoms with Gasteiger partial charge in [0, 0.05) is 34.6 Å². The number of hydrogen-bond donors (Lipinski definition) is 2. The molecule has 0 fully saturated rings. The number of aromatic nitrogens is 1. The quantitative estimate of drug-likeness (QED) is 0.718. The van der Waals surface area contributed by atoms with Gasteiger partial charge in [-0.1, -0.05) is 50.2 Å². The molecule has 2 aliphatic rings. The first-order valence-corrected chi connectivity index (χ1v) is 9.91. The standard InChI is InChI=1S/C23H23N3O2/c1-3-14(2)21(27)26-13-12-16-15-8-4-6-10-18(15)24-20(16)23(26)17-9-5-7-11-19(17)25-22(23)28/h4-11,14,24H,3,12-13H2,1-2H3,(H,25,28). The summed E-state index contributed by atoms with van der Waals surface area (Å²) in [6.07, 6.45) is 1.48. The average Bonchev–Trinajstić information content (AvgIpc) is 3.24. The summed E-state index contributed by atoms with van der Waals surface area (Å²) in [6.45, 7) is 4.48. The van der Waals surface area contributed by atoms with E-state index in [-0.39, 0.29) is 17.7 Å². The lowest BCUT2D eigenvalue weighted by Crippen LogP contribution is -2.59. The van der Waals surface area contributed by atoms with Gasteiger partial charge in [-0.05, 0) is 30.5 Å². The number of carbonyl (C=O) groups is 2. The molecule has 5 nitrogen and oxygen atoms in total. The number of hydrogen-bond acceptors (Lipinski definition) is 2. The summed E-state index contributed by atoms with van der Waals surface area (Å²) < 4.78 is 0. The van der Waals surface area contributed by atoms with Crippen LogP contribution in [0.4, 0.5) is 5.69 Å². The first kappa shape index (κ1) is 17.0. The Morgan fingerprint density at radius 1 is 1.18 bits per heavy atom. The van der Waals surface area contributed by atoms with Gasteiger partial charge in [0.15, 0.2) is 5.54 Å². The summed E-state index contributed by atoms with van der Waals surface area (Å²) in [4.78, 5) is 32.3. The maximum atomic E-state index is 13.5. The second-order valence-corrected chi connectivity index (χ2v) is 7.78. The third-order valence-electron chi connectivity index (χ3n) is 6.36. The molecule has 3 aromatic rings. The van der Waals surface area contributed by atoms with Crippen LogP contribution < -0.4 is 5.32 Å². The number of nitrogens with one attached hydrogen (secondary N) is 2. The topological polar surface area (TPSA) is 65.2 Å². The summed E-state index contributed by atoms with van der Waals surface area (Å²) in [5, 5.41) is 4.16. The number of nitrogens with zero attached hydrogens (tertiary/aromatic N) is 1. The largest absolute Gasteiger partial charge is 0.355 e. The van der Waals surface area contributed by atoms with Crippen LogP contribution in [0.15, 0.2) is 48.5 Å². The molecule has 2 atom stereocenters. The van der Waals surface area contributed by atoms with E-state index < -0.39 is 5.54 Å². The number of para-hydroxylation sites is 2. The van der Waals surface area contributed by atoms with E-state index in [0.717, 1.165) is 46.3 Å². The highest BCUT2D eigenvalue weighted by molar-refractivity contribution is 6.11. The van der Waals surface area contributed by atoms with E-state index in [0.29, 0.717) is 6.54 Å². The first-order valence-electron chi connectivity index (χ1n) is 9.91. The highest BCUT2D eigenvalue weighted by Crippen LogP contribution is 2.50. The molecule has 5 heteroatoms. The molecule has 2 N–H and O–H groups in total. The van der Waals surface area contributed by atoms with Gasteiger partial charge in [0.05, 0.1) is 5.69 Å². The van der Waals surface area contributed by atoms with Crippen molar-refractivity contribution in [2.75, 3.05) is 11.9 Å². The summed E-state index contributed by atoms with van der Waals surface area (Å²) >= 11 is 0. The van der Waals surface area contributed by atoms with Crippen molar-refractivity contribution in [3.8, 4) is 0 Å². The zero-order chi connectivity index (χ0) is 19.5. The van der Waals surface area contributed by atoms with Crippen LogP contribution in [-0.4, -0.2) is 28.2 Å². The van der Waals surface area contributed by atoms with Gasteiger partial charge in [-0.25, -0.2) is 0 Å². The number of rotatable bonds is 2. The molecular formula is C23H23N3O2. The normalized spacial score (nSPS) is 21.5. The smallest absolute Gasteiger partial charge is 0.261 e. The summed E-state index contributed by atoms with van der Waals surface area (Å²) in [5.74, 6) is -0.264. The third kappa shape index (κ3) is 2.02. The van der Waals surface area contributed by atoms with Crippen LogP contribution in [-0.2, 0) is 21.5 Å². The van der Waals surface area contributed by atoms with Crippen LogP contribution >= 0.6 is 0 Å². The van der Waals surface area contributed by atoms with Gasteiger partial charge in [-0.3, -0.25) is 9.59 Å². The fraction of sp³-hybridized carbons (Fsp3) is 0.304. The van der Waals surface area contributed by atoms with E-state index in [4.69, 9.17) is 0 Å². The van der Waals surface area contributed by atoms with E-state index in [1.807, 2.05) is 56.3 Å². The number of anilines is 1. The van der Waals surface area contributed by atoms with Crippen LogP contribution in [0.3, 0.4) is 0 Å². The lowest BCUT2D eigenvalue weighted by Gasteiger charge is -2.44. The predicted octanol–water partition coefficient (Wildman–Crippen LogP) is 3.79. The number of benzene rings is 2. The van der Waals surface area contributed by atoms with Gasteiger partial charge in [0.25, 0.3) is 5.91 Å². The van der Waals surface area contributed by atoms with Crippen molar-refractivity contribution in [2.24, 2.45) is 5.92 Å². The van der Waals surface area contributed by atoms with Gasteiger partial charge in [-0.2, -0.15) is 0 Å². The third-order valence-corrected chi connectivity index (χ3v) is 6.36. The van der Waals surface area contributed by atoms with E-state index in [2.05, 4.69) is 16.4 Å². The molecule has 2 amide bonds. The van der Waals surface area contributed by atoms with E-state index in [9.17, 15) is 9.59 Å². The van der Waals surface area contributed by atoms with Gasteiger partial charge in [0.1, 0.15) is 0 Å². The molecule has 0 saturated carbocycles. The highest BCUT2D eigenvalue weighted by Gasteiger charge is 2.58. The average molecular weight is 373 g/mol. The Hall–Kier alpha value is -3.08. The first-order chi connectivity index (χ1) is 13.6. The van der Waals surface area contributed by atoms with Crippen LogP contribution in [0.5, 0.6) is 0 Å². The Balaban J connectivity index is 1.84. The molecule has 28 heavy (non-hydrogen) atoms. The number of fused-ring (bicyclic) bond motifs is 6. The number of carbonyl (C=O) groups excluding carboxylic acids is 2. The lowest BCUT2D eigenvalue weighted by atomic mass is 9.79. The van der Waals surface area contributed by atoms with Crippen molar-refractivity contribution >= 4 is 28.4 Å². The van der Waals surface area contributed by atoms with Crippen molar-refractivity contribution in [1.82, 2.24) is 9.88 Å². The minimum atomic E-state index is -1.14. The number of amides is 2. The monoisotopic (exact) mass is 373 g/mol. The lowest BCUT2D eigenvalue weighted by molar-refractivity contribution is -0.147. The van der Waals surface area contributed by atoms with Crippen molar-refractivity contribution in [3.05, 3.63) is 65.4 Å². The minimum Gasteiger partial charge on any atom is -0.355 e. The van der Waals surface area contributed by atoms with Crippen molar-refractivity contribution in [2.45, 2.75) is 32.2 Å². The SMILES string of the molecule is CCC(C)C(=O)N1CCc2c([nH]c3ccccc23)C12C(=O)Nc1ccccc12. The van der Waals surface area contributed by atoms with Crippen molar-refractivity contribution < 1.29 is 9.59 Å². The fourth-order valence-electron chi connectivity index (χ4n) is 4.77. The van der Waals surface area contributed by atoms with Crippen LogP contribution in [0.25, 0.3) is 10.9 Å². The van der Waals surface area contributed by atoms with Crippen molar-refractivity contribution in [1.29, 1.82) is 0 Å². The molecule has 3 heterocycles. The Morgan fingerprint density at radius 3 is 2.75 bits per heavy atom. The maximum Gasteiger partial charge on any atom is 0.261 e. The molecule has 1 aromatic heterocycles. The van der Waals surface area contributed by atoms with Crippen molar-refractivity contribution in [3.63, 3.8) is 0 Å². The zero-order valence-corrected chi connectivity index (χ0v) is 16.1. The van der Waals surface area contributed by atoms with E-state index in [1.54, 1.807) is 4.90 Å². The molecule has 142 valence electrons. The Morgan fingerprint density at radius 2 is 1.93 bits per heavy atom. The number of aromatic amines is 1. The second-order valence-electron chi connectivity index (χ2n) is 7.78. The fourth-order valence-corrected chi connectivity index (χ4v) is 4.77. The van der Waals surface area contributed by atoms with Gasteiger partial charge in [0.2, 0.25) is 5.91 Å².